The van der Waals surface area contributed by atoms with Gasteiger partial charge in [0.15, 0.2) is 0 Å². The summed E-state index contributed by atoms with van der Waals surface area (Å²) in [5.74, 6) is -0.300. The van der Waals surface area contributed by atoms with Crippen LogP contribution in [0.3, 0.4) is 0 Å². The lowest BCUT2D eigenvalue weighted by Crippen LogP contribution is -2.31. The van der Waals surface area contributed by atoms with E-state index in [0.717, 1.165) is 0 Å². The van der Waals surface area contributed by atoms with Crippen molar-refractivity contribution in [3.8, 4) is 0 Å². The Morgan fingerprint density at radius 2 is 2.18 bits per heavy atom. The number of oxime groups is 1. The molecule has 0 aliphatic carbocycles. The summed E-state index contributed by atoms with van der Waals surface area (Å²) in [4.78, 5) is 10.2. The number of rotatable bonds is 5. The number of nitrogens with zero attached hydrogens (tertiary/aromatic N) is 1. The van der Waals surface area contributed by atoms with Crippen molar-refractivity contribution in [1.82, 2.24) is 5.32 Å². The molecule has 0 aliphatic rings. The van der Waals surface area contributed by atoms with Crippen molar-refractivity contribution >= 4 is 11.7 Å². The van der Waals surface area contributed by atoms with Crippen LogP contribution in [0.15, 0.2) is 5.16 Å². The number of amidine groups is 1. The van der Waals surface area contributed by atoms with Crippen LogP contribution in [-0.2, 0) is 4.79 Å². The van der Waals surface area contributed by atoms with Crippen LogP contribution in [0.4, 0.5) is 0 Å². The predicted molar refractivity (Wildman–Crippen MR) is 40.1 cm³/mol. The van der Waals surface area contributed by atoms with Crippen molar-refractivity contribution in [3.05, 3.63) is 0 Å². The fraction of sp³-hybridized carbons (Fsp3) is 0.600. The third kappa shape index (κ3) is 6.59. The summed E-state index contributed by atoms with van der Waals surface area (Å²) in [5.41, 5.74) is 9.96. The molecule has 0 bridgehead atoms. The Morgan fingerprint density at radius 1 is 1.55 bits per heavy atom. The number of hydrogen-bond acceptors (Lipinski definition) is 4. The number of hydrogen-bond donors (Lipinski definition) is 4. The Bertz CT molecular complexity index is 157. The first-order valence-corrected chi connectivity index (χ1v) is 3.12. The van der Waals surface area contributed by atoms with Gasteiger partial charge in [0.2, 0.25) is 5.91 Å². The van der Waals surface area contributed by atoms with Crippen molar-refractivity contribution < 1.29 is 10.0 Å². The second kappa shape index (κ2) is 5.48. The van der Waals surface area contributed by atoms with Crippen molar-refractivity contribution in [2.45, 2.75) is 6.42 Å². The normalized spacial score (nSPS) is 11.5. The molecule has 0 fully saturated rings. The van der Waals surface area contributed by atoms with Crippen molar-refractivity contribution in [2.24, 2.45) is 16.6 Å². The molecule has 0 atom stereocenters. The monoisotopic (exact) mass is 160 g/mol. The maximum absolute atomic E-state index is 10.2. The van der Waals surface area contributed by atoms with Crippen LogP contribution < -0.4 is 16.8 Å². The van der Waals surface area contributed by atoms with E-state index in [1.165, 1.54) is 0 Å². The average molecular weight is 160 g/mol. The van der Waals surface area contributed by atoms with Gasteiger partial charge in [-0.3, -0.25) is 4.79 Å². The third-order valence-corrected chi connectivity index (χ3v) is 0.986. The molecule has 0 heterocycles. The van der Waals surface area contributed by atoms with Crippen LogP contribution in [0, 0.1) is 0 Å². The second-order valence-corrected chi connectivity index (χ2v) is 1.98. The lowest BCUT2D eigenvalue weighted by Gasteiger charge is -1.99. The lowest BCUT2D eigenvalue weighted by atomic mass is 10.4. The van der Waals surface area contributed by atoms with E-state index in [4.69, 9.17) is 16.7 Å². The zero-order chi connectivity index (χ0) is 8.69. The molecule has 0 saturated heterocycles. The fourth-order valence-corrected chi connectivity index (χ4v) is 0.478. The molecule has 0 saturated carbocycles. The smallest absolute Gasteiger partial charge is 0.231 e. The molecule has 0 aromatic rings. The molecule has 11 heavy (non-hydrogen) atoms. The van der Waals surface area contributed by atoms with E-state index in [2.05, 4.69) is 10.5 Å². The van der Waals surface area contributed by atoms with Crippen molar-refractivity contribution in [3.63, 3.8) is 0 Å². The number of carbonyl (C=O) groups excluding carboxylic acids is 1. The first-order chi connectivity index (χ1) is 5.16. The number of primary amides is 1. The van der Waals surface area contributed by atoms with Gasteiger partial charge in [0.1, 0.15) is 5.84 Å². The first-order valence-electron chi connectivity index (χ1n) is 3.12. The first kappa shape index (κ1) is 9.70. The van der Waals surface area contributed by atoms with Crippen LogP contribution in [-0.4, -0.2) is 30.0 Å². The highest BCUT2D eigenvalue weighted by molar-refractivity contribution is 5.80. The van der Waals surface area contributed by atoms with Gasteiger partial charge >= 0.3 is 0 Å². The molecular weight excluding hydrogens is 148 g/mol. The van der Waals surface area contributed by atoms with E-state index in [1.54, 1.807) is 0 Å². The van der Waals surface area contributed by atoms with Gasteiger partial charge in [-0.05, 0) is 0 Å². The van der Waals surface area contributed by atoms with E-state index in [-0.39, 0.29) is 12.4 Å². The average Bonchev–Trinajstić information content (AvgIpc) is 1.97. The van der Waals surface area contributed by atoms with Crippen LogP contribution in [0.1, 0.15) is 6.42 Å². The molecule has 0 unspecified atom stereocenters. The summed E-state index contributed by atoms with van der Waals surface area (Å²) < 4.78 is 0. The van der Waals surface area contributed by atoms with E-state index in [9.17, 15) is 4.79 Å². The summed E-state index contributed by atoms with van der Waals surface area (Å²) in [6, 6.07) is 0. The molecule has 0 spiro atoms. The Hall–Kier alpha value is -1.30. The van der Waals surface area contributed by atoms with E-state index >= 15 is 0 Å². The van der Waals surface area contributed by atoms with Crippen molar-refractivity contribution in [1.29, 1.82) is 0 Å². The van der Waals surface area contributed by atoms with Crippen molar-refractivity contribution in [2.75, 3.05) is 13.1 Å². The van der Waals surface area contributed by atoms with Gasteiger partial charge in [0.05, 0.1) is 6.54 Å². The Morgan fingerprint density at radius 3 is 2.64 bits per heavy atom. The quantitative estimate of drug-likeness (QED) is 0.125. The van der Waals surface area contributed by atoms with Crippen LogP contribution in [0.25, 0.3) is 0 Å². The van der Waals surface area contributed by atoms with E-state index in [1.807, 2.05) is 0 Å². The van der Waals surface area contributed by atoms with Gasteiger partial charge in [-0.15, -0.1) is 0 Å². The SMILES string of the molecule is NC(=O)CNCCC(N)=NO. The lowest BCUT2D eigenvalue weighted by molar-refractivity contribution is -0.117. The molecule has 64 valence electrons. The van der Waals surface area contributed by atoms with Gasteiger partial charge in [-0.2, -0.15) is 0 Å². The van der Waals surface area contributed by atoms with E-state index < -0.39 is 5.91 Å². The minimum atomic E-state index is -0.426. The minimum absolute atomic E-state index is 0.110. The molecule has 6 N–H and O–H groups in total. The zero-order valence-electron chi connectivity index (χ0n) is 6.08. The molecule has 0 aromatic heterocycles. The molecule has 1 amide bonds. The summed E-state index contributed by atoms with van der Waals surface area (Å²) in [7, 11) is 0. The van der Waals surface area contributed by atoms with Crippen LogP contribution in [0.5, 0.6) is 0 Å². The maximum atomic E-state index is 10.2. The number of carbonyl (C=O) groups is 1. The highest BCUT2D eigenvalue weighted by atomic mass is 16.4. The summed E-state index contributed by atoms with van der Waals surface area (Å²) in [5, 5.41) is 13.5. The minimum Gasteiger partial charge on any atom is -0.409 e. The molecule has 0 rings (SSSR count). The molecule has 6 nitrogen and oxygen atoms in total. The molecule has 0 radical (unpaired) electrons. The summed E-state index contributed by atoms with van der Waals surface area (Å²) in [6.45, 7) is 0.581. The molecular formula is C5H12N4O2. The predicted octanol–water partition coefficient (Wildman–Crippen LogP) is -1.80. The number of nitrogens with two attached hydrogens (primary N) is 2. The molecule has 0 aromatic carbocycles. The highest BCUT2D eigenvalue weighted by Gasteiger charge is 1.94. The molecule has 0 aliphatic heterocycles. The van der Waals surface area contributed by atoms with Gasteiger partial charge in [-0.25, -0.2) is 0 Å². The largest absolute Gasteiger partial charge is 0.409 e. The zero-order valence-corrected chi connectivity index (χ0v) is 6.08. The third-order valence-electron chi connectivity index (χ3n) is 0.986. The Labute approximate surface area is 64.2 Å². The van der Waals surface area contributed by atoms with Gasteiger partial charge in [-0.1, -0.05) is 5.16 Å². The topological polar surface area (TPSA) is 114 Å². The fourth-order valence-electron chi connectivity index (χ4n) is 0.478. The van der Waals surface area contributed by atoms with Gasteiger partial charge < -0.3 is 22.0 Å². The molecule has 6 heteroatoms. The summed E-state index contributed by atoms with van der Waals surface area (Å²) in [6.07, 6.45) is 0.393. The Balaban J connectivity index is 3.21. The van der Waals surface area contributed by atoms with Gasteiger partial charge in [0.25, 0.3) is 0 Å². The second-order valence-electron chi connectivity index (χ2n) is 1.98. The van der Waals surface area contributed by atoms with E-state index in [0.29, 0.717) is 13.0 Å². The van der Waals surface area contributed by atoms with Crippen LogP contribution >= 0.6 is 0 Å². The number of nitrogens with one attached hydrogen (secondary N) is 1. The van der Waals surface area contributed by atoms with Crippen LogP contribution in [0.2, 0.25) is 0 Å². The Kier molecular flexibility index (Phi) is 4.83. The maximum Gasteiger partial charge on any atom is 0.231 e. The standard InChI is InChI=1S/C5H12N4O2/c6-4(9-11)1-2-8-3-5(7)10/h8,11H,1-3H2,(H2,6,9)(H2,7,10). The summed E-state index contributed by atoms with van der Waals surface area (Å²) >= 11 is 0. The number of amides is 1. The highest BCUT2D eigenvalue weighted by Crippen LogP contribution is 1.74. The van der Waals surface area contributed by atoms with Gasteiger partial charge in [0, 0.05) is 13.0 Å².